The summed E-state index contributed by atoms with van der Waals surface area (Å²) in [5.41, 5.74) is 0.545. The summed E-state index contributed by atoms with van der Waals surface area (Å²) in [6.45, 7) is 1.87. The molecule has 0 saturated heterocycles. The summed E-state index contributed by atoms with van der Waals surface area (Å²) in [5.74, 6) is 0.0153. The standard InChI is InChI=1S/C14H10ClN3O3.C2H6OS/c1-6-2-3-10(19)7(4-6)11-9(15)5-8-12(16-11)17-14(21)18-13(8)20;1-4(2)3/h2-5,19H,1H3,(H2,16,17,18,20,21);1-2H3. The molecule has 0 spiro atoms. The topological polar surface area (TPSA) is 116 Å². The highest BCUT2D eigenvalue weighted by Gasteiger charge is 2.14. The Balaban J connectivity index is 0.000000511. The molecule has 1 aromatic carbocycles. The minimum absolute atomic E-state index is 0.0153. The molecule has 3 N–H and O–H groups in total. The molecule has 2 aromatic heterocycles. The van der Waals surface area contributed by atoms with Gasteiger partial charge in [0.15, 0.2) is 0 Å². The van der Waals surface area contributed by atoms with E-state index < -0.39 is 22.0 Å². The average molecular weight is 382 g/mol. The van der Waals surface area contributed by atoms with E-state index in [9.17, 15) is 18.9 Å². The lowest BCUT2D eigenvalue weighted by Crippen LogP contribution is -2.22. The number of pyridine rings is 1. The van der Waals surface area contributed by atoms with Crippen LogP contribution in [0, 0.1) is 6.92 Å². The molecule has 2 heterocycles. The number of aromatic amines is 2. The molecule has 0 aliphatic heterocycles. The van der Waals surface area contributed by atoms with E-state index in [0.29, 0.717) is 11.3 Å². The highest BCUT2D eigenvalue weighted by Crippen LogP contribution is 2.34. The van der Waals surface area contributed by atoms with Crippen LogP contribution in [0.1, 0.15) is 5.56 Å². The lowest BCUT2D eigenvalue weighted by Gasteiger charge is -2.08. The first kappa shape index (κ1) is 18.9. The molecule has 0 aliphatic rings. The molecule has 0 bridgehead atoms. The molecule has 3 rings (SSSR count). The van der Waals surface area contributed by atoms with Crippen LogP contribution >= 0.6 is 11.6 Å². The van der Waals surface area contributed by atoms with E-state index >= 15 is 0 Å². The number of halogens is 1. The van der Waals surface area contributed by atoms with Gasteiger partial charge in [0.2, 0.25) is 0 Å². The van der Waals surface area contributed by atoms with Crippen molar-refractivity contribution in [2.75, 3.05) is 12.5 Å². The molecular weight excluding hydrogens is 366 g/mol. The van der Waals surface area contributed by atoms with E-state index in [1.807, 2.05) is 6.92 Å². The Bertz CT molecular complexity index is 1070. The van der Waals surface area contributed by atoms with Crippen LogP contribution in [0.2, 0.25) is 5.02 Å². The maximum absolute atomic E-state index is 11.7. The number of aryl methyl sites for hydroxylation is 1. The molecule has 0 atom stereocenters. The summed E-state index contributed by atoms with van der Waals surface area (Å²) in [5, 5.41) is 10.3. The molecule has 0 saturated carbocycles. The van der Waals surface area contributed by atoms with Gasteiger partial charge in [-0.1, -0.05) is 23.2 Å². The number of hydrogen-bond donors (Lipinski definition) is 3. The molecule has 9 heteroatoms. The zero-order chi connectivity index (χ0) is 18.7. The van der Waals surface area contributed by atoms with Crippen LogP contribution in [0.15, 0.2) is 33.9 Å². The first-order chi connectivity index (χ1) is 11.7. The number of hydrogen-bond acceptors (Lipinski definition) is 5. The van der Waals surface area contributed by atoms with E-state index in [2.05, 4.69) is 15.0 Å². The molecule has 132 valence electrons. The van der Waals surface area contributed by atoms with Crippen LogP contribution in [0.25, 0.3) is 22.3 Å². The van der Waals surface area contributed by atoms with Crippen molar-refractivity contribution < 1.29 is 9.32 Å². The average Bonchev–Trinajstić information content (AvgIpc) is 2.49. The third-order valence-corrected chi connectivity index (χ3v) is 3.37. The fourth-order valence-electron chi connectivity index (χ4n) is 2.09. The lowest BCUT2D eigenvalue weighted by atomic mass is 10.1. The van der Waals surface area contributed by atoms with E-state index in [4.69, 9.17) is 11.6 Å². The maximum Gasteiger partial charge on any atom is 0.327 e. The smallest absolute Gasteiger partial charge is 0.327 e. The summed E-state index contributed by atoms with van der Waals surface area (Å²) < 4.78 is 9.56. The van der Waals surface area contributed by atoms with Crippen LogP contribution in [-0.4, -0.2) is 36.8 Å². The van der Waals surface area contributed by atoms with Crippen LogP contribution in [0.3, 0.4) is 0 Å². The van der Waals surface area contributed by atoms with Gasteiger partial charge in [-0.25, -0.2) is 9.78 Å². The van der Waals surface area contributed by atoms with Gasteiger partial charge in [0.1, 0.15) is 11.4 Å². The number of aromatic nitrogens is 3. The zero-order valence-corrected chi connectivity index (χ0v) is 15.3. The van der Waals surface area contributed by atoms with E-state index in [0.717, 1.165) is 5.56 Å². The molecule has 3 aromatic rings. The number of nitrogens with one attached hydrogen (secondary N) is 2. The molecule has 0 amide bonds. The van der Waals surface area contributed by atoms with Gasteiger partial charge in [0.25, 0.3) is 5.56 Å². The molecular formula is C16H16ClN3O4S. The predicted octanol–water partition coefficient (Wildman–Crippen LogP) is 1.94. The monoisotopic (exact) mass is 381 g/mol. The fourth-order valence-corrected chi connectivity index (χ4v) is 2.35. The minimum atomic E-state index is -0.651. The second-order valence-corrected chi connectivity index (χ2v) is 7.28. The zero-order valence-electron chi connectivity index (χ0n) is 13.7. The normalized spacial score (nSPS) is 10.6. The summed E-state index contributed by atoms with van der Waals surface area (Å²) in [4.78, 5) is 31.8. The Morgan fingerprint density at radius 2 is 1.80 bits per heavy atom. The van der Waals surface area contributed by atoms with E-state index in [1.54, 1.807) is 24.6 Å². The quantitative estimate of drug-likeness (QED) is 0.595. The van der Waals surface area contributed by atoms with Crippen molar-refractivity contribution in [2.24, 2.45) is 0 Å². The van der Waals surface area contributed by atoms with Gasteiger partial charge >= 0.3 is 5.69 Å². The Morgan fingerprint density at radius 1 is 1.16 bits per heavy atom. The van der Waals surface area contributed by atoms with Crippen molar-refractivity contribution in [2.45, 2.75) is 6.92 Å². The SMILES string of the molecule is CS(C)=O.Cc1ccc(O)c(-c2nc3[nH]c(=O)[nH]c(=O)c3cc2Cl)c1. The van der Waals surface area contributed by atoms with Crippen LogP contribution in [0.5, 0.6) is 5.75 Å². The van der Waals surface area contributed by atoms with Crippen molar-refractivity contribution in [3.05, 3.63) is 55.7 Å². The van der Waals surface area contributed by atoms with Crippen molar-refractivity contribution in [1.29, 1.82) is 0 Å². The van der Waals surface area contributed by atoms with Crippen molar-refractivity contribution >= 4 is 33.4 Å². The largest absolute Gasteiger partial charge is 0.507 e. The highest BCUT2D eigenvalue weighted by molar-refractivity contribution is 7.83. The van der Waals surface area contributed by atoms with E-state index in [-0.39, 0.29) is 21.8 Å². The first-order valence-corrected chi connectivity index (χ1v) is 9.41. The summed E-state index contributed by atoms with van der Waals surface area (Å²) in [6.07, 6.45) is 3.28. The highest BCUT2D eigenvalue weighted by atomic mass is 35.5. The van der Waals surface area contributed by atoms with Crippen LogP contribution in [-0.2, 0) is 10.8 Å². The number of rotatable bonds is 1. The summed E-state index contributed by atoms with van der Waals surface area (Å²) >= 11 is 6.16. The Kier molecular flexibility index (Phi) is 5.76. The van der Waals surface area contributed by atoms with Gasteiger partial charge < -0.3 is 5.11 Å². The van der Waals surface area contributed by atoms with Gasteiger partial charge in [-0.2, -0.15) is 0 Å². The number of benzene rings is 1. The number of H-pyrrole nitrogens is 2. The minimum Gasteiger partial charge on any atom is -0.507 e. The third kappa shape index (κ3) is 4.55. The lowest BCUT2D eigenvalue weighted by molar-refractivity contribution is 0.477. The molecule has 7 nitrogen and oxygen atoms in total. The van der Waals surface area contributed by atoms with Gasteiger partial charge in [-0.15, -0.1) is 0 Å². The summed E-state index contributed by atoms with van der Waals surface area (Å²) in [7, 11) is -0.611. The Labute approximate surface area is 150 Å². The Hall–Kier alpha value is -2.45. The van der Waals surface area contributed by atoms with Crippen LogP contribution < -0.4 is 11.2 Å². The Morgan fingerprint density at radius 3 is 2.44 bits per heavy atom. The molecule has 0 aliphatic carbocycles. The number of aromatic hydroxyl groups is 1. The number of nitrogens with zero attached hydrogens (tertiary/aromatic N) is 1. The second-order valence-electron chi connectivity index (χ2n) is 5.39. The molecule has 0 unspecified atom stereocenters. The van der Waals surface area contributed by atoms with Gasteiger partial charge in [-0.3, -0.25) is 19.0 Å². The number of phenols is 1. The van der Waals surface area contributed by atoms with Crippen LogP contribution in [0.4, 0.5) is 0 Å². The summed E-state index contributed by atoms with van der Waals surface area (Å²) in [6, 6.07) is 6.42. The molecule has 0 radical (unpaired) electrons. The van der Waals surface area contributed by atoms with Gasteiger partial charge in [0, 0.05) is 28.9 Å². The first-order valence-electron chi connectivity index (χ1n) is 7.07. The second kappa shape index (κ2) is 7.62. The van der Waals surface area contributed by atoms with Crippen molar-refractivity contribution in [3.8, 4) is 17.0 Å². The molecule has 25 heavy (non-hydrogen) atoms. The van der Waals surface area contributed by atoms with Crippen molar-refractivity contribution in [3.63, 3.8) is 0 Å². The fraction of sp³-hybridized carbons (Fsp3) is 0.188. The van der Waals surface area contributed by atoms with Crippen molar-refractivity contribution in [1.82, 2.24) is 15.0 Å². The number of phenolic OH excluding ortho intramolecular Hbond substituents is 1. The predicted molar refractivity (Wildman–Crippen MR) is 99.8 cm³/mol. The van der Waals surface area contributed by atoms with E-state index in [1.165, 1.54) is 12.1 Å². The maximum atomic E-state index is 11.7. The number of fused-ring (bicyclic) bond motifs is 1. The van der Waals surface area contributed by atoms with Gasteiger partial charge in [0.05, 0.1) is 16.1 Å². The third-order valence-electron chi connectivity index (χ3n) is 3.09. The van der Waals surface area contributed by atoms with Gasteiger partial charge in [-0.05, 0) is 25.1 Å². The molecule has 0 fully saturated rings.